The first-order valence-corrected chi connectivity index (χ1v) is 8.00. The van der Waals surface area contributed by atoms with E-state index >= 15 is 0 Å². The van der Waals surface area contributed by atoms with Crippen LogP contribution in [0.5, 0.6) is 0 Å². The van der Waals surface area contributed by atoms with E-state index in [4.69, 9.17) is 4.42 Å². The van der Waals surface area contributed by atoms with Gasteiger partial charge in [-0.3, -0.25) is 4.90 Å². The maximum atomic E-state index is 5.95. The van der Waals surface area contributed by atoms with Gasteiger partial charge in [0, 0.05) is 43.3 Å². The minimum Gasteiger partial charge on any atom is -0.465 e. The molecule has 0 aromatic carbocycles. The Balaban J connectivity index is 1.93. The van der Waals surface area contributed by atoms with Crippen molar-refractivity contribution in [2.75, 3.05) is 26.7 Å². The molecule has 1 unspecified atom stereocenters. The number of aryl methyl sites for hydroxylation is 1. The van der Waals surface area contributed by atoms with Gasteiger partial charge in [-0.15, -0.1) is 0 Å². The summed E-state index contributed by atoms with van der Waals surface area (Å²) in [4.78, 5) is 4.91. The third kappa shape index (κ3) is 4.83. The van der Waals surface area contributed by atoms with E-state index in [0.717, 1.165) is 44.2 Å². The summed E-state index contributed by atoms with van der Waals surface area (Å²) in [6, 6.07) is 2.84. The molecule has 4 heteroatoms. The minimum atomic E-state index is 0.136. The van der Waals surface area contributed by atoms with E-state index in [2.05, 4.69) is 62.8 Å². The van der Waals surface area contributed by atoms with Gasteiger partial charge in [0.2, 0.25) is 0 Å². The van der Waals surface area contributed by atoms with Gasteiger partial charge in [0.25, 0.3) is 0 Å². The van der Waals surface area contributed by atoms with Gasteiger partial charge < -0.3 is 14.6 Å². The molecule has 1 aromatic rings. The second-order valence-electron chi connectivity index (χ2n) is 7.46. The van der Waals surface area contributed by atoms with E-state index in [1.807, 2.05) is 0 Å². The summed E-state index contributed by atoms with van der Waals surface area (Å²) in [7, 11) is 2.20. The van der Waals surface area contributed by atoms with Gasteiger partial charge in [0.05, 0.1) is 6.54 Å². The first-order valence-electron chi connectivity index (χ1n) is 8.00. The normalized spacial score (nSPS) is 21.9. The Bertz CT molecular complexity index is 461. The monoisotopic (exact) mass is 293 g/mol. The van der Waals surface area contributed by atoms with E-state index in [-0.39, 0.29) is 5.54 Å². The Hall–Kier alpha value is -0.840. The van der Waals surface area contributed by atoms with Crippen molar-refractivity contribution in [1.29, 1.82) is 0 Å². The maximum absolute atomic E-state index is 5.95. The Morgan fingerprint density at radius 3 is 2.67 bits per heavy atom. The van der Waals surface area contributed by atoms with Crippen molar-refractivity contribution in [3.63, 3.8) is 0 Å². The van der Waals surface area contributed by atoms with Crippen molar-refractivity contribution in [3.8, 4) is 0 Å². The number of hydrogen-bond acceptors (Lipinski definition) is 4. The predicted octanol–water partition coefficient (Wildman–Crippen LogP) is 2.61. The molecule has 0 saturated carbocycles. The fraction of sp³-hybridized carbons (Fsp3) is 0.765. The first-order chi connectivity index (χ1) is 9.74. The summed E-state index contributed by atoms with van der Waals surface area (Å²) in [5.41, 5.74) is 1.42. The van der Waals surface area contributed by atoms with Gasteiger partial charge in [0.1, 0.15) is 11.5 Å². The molecule has 0 bridgehead atoms. The van der Waals surface area contributed by atoms with Crippen molar-refractivity contribution in [1.82, 2.24) is 15.1 Å². The smallest absolute Gasteiger partial charge is 0.118 e. The van der Waals surface area contributed by atoms with Gasteiger partial charge in [0.15, 0.2) is 0 Å². The van der Waals surface area contributed by atoms with Gasteiger partial charge in [-0.25, -0.2) is 0 Å². The second-order valence-corrected chi connectivity index (χ2v) is 7.46. The molecule has 1 saturated heterocycles. The molecule has 1 aliphatic heterocycles. The molecule has 0 spiro atoms. The van der Waals surface area contributed by atoms with E-state index in [1.54, 1.807) is 0 Å². The van der Waals surface area contributed by atoms with Gasteiger partial charge in [-0.1, -0.05) is 0 Å². The fourth-order valence-electron chi connectivity index (χ4n) is 2.69. The van der Waals surface area contributed by atoms with Gasteiger partial charge in [-0.05, 0) is 47.7 Å². The van der Waals surface area contributed by atoms with Crippen LogP contribution in [0, 0.1) is 6.92 Å². The average Bonchev–Trinajstić information content (AvgIpc) is 2.71. The largest absolute Gasteiger partial charge is 0.465 e. The summed E-state index contributed by atoms with van der Waals surface area (Å²) in [5, 5.41) is 3.53. The fourth-order valence-corrected chi connectivity index (χ4v) is 2.69. The van der Waals surface area contributed by atoms with Crippen molar-refractivity contribution in [2.24, 2.45) is 0 Å². The first kappa shape index (κ1) is 16.5. The summed E-state index contributed by atoms with van der Waals surface area (Å²) in [6.45, 7) is 16.1. The molecule has 1 atom stereocenters. The van der Waals surface area contributed by atoms with Crippen LogP contribution in [0.25, 0.3) is 0 Å². The lowest BCUT2D eigenvalue weighted by molar-refractivity contribution is 0.0944. The molecule has 4 nitrogen and oxygen atoms in total. The molecule has 0 radical (unpaired) electrons. The van der Waals surface area contributed by atoms with Crippen LogP contribution in [-0.2, 0) is 13.1 Å². The zero-order valence-corrected chi connectivity index (χ0v) is 14.5. The highest BCUT2D eigenvalue weighted by Gasteiger charge is 2.22. The van der Waals surface area contributed by atoms with Crippen LogP contribution in [0.2, 0.25) is 0 Å². The molecule has 1 fully saturated rings. The molecule has 0 amide bonds. The van der Waals surface area contributed by atoms with Crippen molar-refractivity contribution in [3.05, 3.63) is 23.2 Å². The standard InChI is InChI=1S/C17H31N3O/c1-13-11-20(8-7-19(13)6)12-16-9-15(14(2)21-16)10-18-17(3,4)5/h9,13,18H,7-8,10-12H2,1-6H3. The van der Waals surface area contributed by atoms with E-state index in [9.17, 15) is 0 Å². The lowest BCUT2D eigenvalue weighted by atomic mass is 10.1. The SMILES string of the molecule is Cc1oc(CN2CCN(C)C(C)C2)cc1CNC(C)(C)C. The number of nitrogens with zero attached hydrogens (tertiary/aromatic N) is 2. The lowest BCUT2D eigenvalue weighted by Crippen LogP contribution is -2.49. The third-order valence-electron chi connectivity index (χ3n) is 4.30. The molecular weight excluding hydrogens is 262 g/mol. The van der Waals surface area contributed by atoms with Crippen LogP contribution in [0.15, 0.2) is 10.5 Å². The maximum Gasteiger partial charge on any atom is 0.118 e. The Labute approximate surface area is 129 Å². The summed E-state index contributed by atoms with van der Waals surface area (Å²) in [6.07, 6.45) is 0. The Morgan fingerprint density at radius 2 is 2.05 bits per heavy atom. The highest BCUT2D eigenvalue weighted by atomic mass is 16.3. The van der Waals surface area contributed by atoms with Crippen molar-refractivity contribution < 1.29 is 4.42 Å². The number of likely N-dealkylation sites (N-methyl/N-ethyl adjacent to an activating group) is 1. The van der Waals surface area contributed by atoms with Crippen LogP contribution < -0.4 is 5.32 Å². The highest BCUT2D eigenvalue weighted by Crippen LogP contribution is 2.18. The van der Waals surface area contributed by atoms with Crippen molar-refractivity contribution in [2.45, 2.75) is 59.3 Å². The minimum absolute atomic E-state index is 0.136. The summed E-state index contributed by atoms with van der Waals surface area (Å²) in [5.74, 6) is 2.14. The van der Waals surface area contributed by atoms with Crippen molar-refractivity contribution >= 4 is 0 Å². The van der Waals surface area contributed by atoms with E-state index in [0.29, 0.717) is 6.04 Å². The number of rotatable bonds is 4. The van der Waals surface area contributed by atoms with E-state index < -0.39 is 0 Å². The van der Waals surface area contributed by atoms with Crippen LogP contribution in [0.4, 0.5) is 0 Å². The zero-order valence-electron chi connectivity index (χ0n) is 14.5. The molecule has 2 rings (SSSR count). The molecule has 1 aliphatic rings. The summed E-state index contributed by atoms with van der Waals surface area (Å²) < 4.78 is 5.95. The van der Waals surface area contributed by atoms with Gasteiger partial charge in [-0.2, -0.15) is 0 Å². The topological polar surface area (TPSA) is 31.7 Å². The molecule has 1 aromatic heterocycles. The third-order valence-corrected chi connectivity index (χ3v) is 4.30. The molecular formula is C17H31N3O. The van der Waals surface area contributed by atoms with Crippen LogP contribution in [0.3, 0.4) is 0 Å². The number of furan rings is 1. The zero-order chi connectivity index (χ0) is 15.6. The summed E-state index contributed by atoms with van der Waals surface area (Å²) >= 11 is 0. The number of nitrogens with one attached hydrogen (secondary N) is 1. The molecule has 0 aliphatic carbocycles. The van der Waals surface area contributed by atoms with Crippen LogP contribution >= 0.6 is 0 Å². The lowest BCUT2D eigenvalue weighted by Gasteiger charge is -2.37. The highest BCUT2D eigenvalue weighted by molar-refractivity contribution is 5.21. The number of hydrogen-bond donors (Lipinski definition) is 1. The molecule has 2 heterocycles. The molecule has 1 N–H and O–H groups in total. The molecule has 21 heavy (non-hydrogen) atoms. The Kier molecular flexibility index (Phi) is 5.12. The molecule has 120 valence electrons. The average molecular weight is 293 g/mol. The number of piperazine rings is 1. The van der Waals surface area contributed by atoms with Gasteiger partial charge >= 0.3 is 0 Å². The van der Waals surface area contributed by atoms with Crippen LogP contribution in [-0.4, -0.2) is 48.1 Å². The van der Waals surface area contributed by atoms with E-state index in [1.165, 1.54) is 5.56 Å². The Morgan fingerprint density at radius 1 is 1.33 bits per heavy atom. The van der Waals surface area contributed by atoms with Crippen LogP contribution in [0.1, 0.15) is 44.8 Å². The predicted molar refractivity (Wildman–Crippen MR) is 87.4 cm³/mol. The second kappa shape index (κ2) is 6.51. The quantitative estimate of drug-likeness (QED) is 0.925.